The standard InChI is InChI=1S/C15H11F2NO2/c1-18(11-5-3-2-4-6-11)15(20)14(19)10-7-8-12(16)13(17)9-10/h2-9H,1H3. The monoisotopic (exact) mass is 275 g/mol. The second-order valence-corrected chi connectivity index (χ2v) is 4.16. The van der Waals surface area contributed by atoms with Gasteiger partial charge in [-0.1, -0.05) is 18.2 Å². The molecule has 0 fully saturated rings. The van der Waals surface area contributed by atoms with E-state index in [1.54, 1.807) is 30.3 Å². The number of halogens is 2. The number of likely N-dealkylation sites (N-methyl/N-ethyl adjacent to an activating group) is 1. The molecule has 0 atom stereocenters. The van der Waals surface area contributed by atoms with Crippen LogP contribution in [0.5, 0.6) is 0 Å². The highest BCUT2D eigenvalue weighted by Crippen LogP contribution is 2.14. The SMILES string of the molecule is CN(C(=O)C(=O)c1ccc(F)c(F)c1)c1ccccc1. The number of amides is 1. The maximum Gasteiger partial charge on any atom is 0.299 e. The molecule has 2 rings (SSSR count). The molecule has 0 unspecified atom stereocenters. The van der Waals surface area contributed by atoms with E-state index in [4.69, 9.17) is 0 Å². The Morgan fingerprint density at radius 3 is 2.20 bits per heavy atom. The number of rotatable bonds is 3. The number of benzene rings is 2. The molecule has 5 heteroatoms. The van der Waals surface area contributed by atoms with Crippen molar-refractivity contribution in [2.24, 2.45) is 0 Å². The van der Waals surface area contributed by atoms with Gasteiger partial charge in [-0.05, 0) is 30.3 Å². The summed E-state index contributed by atoms with van der Waals surface area (Å²) in [5.41, 5.74) is 0.352. The maximum absolute atomic E-state index is 13.1. The van der Waals surface area contributed by atoms with E-state index in [0.717, 1.165) is 17.0 Å². The van der Waals surface area contributed by atoms with Crippen molar-refractivity contribution in [2.75, 3.05) is 11.9 Å². The second kappa shape index (κ2) is 5.61. The van der Waals surface area contributed by atoms with Crippen LogP contribution in [-0.2, 0) is 4.79 Å². The fourth-order valence-electron chi connectivity index (χ4n) is 1.68. The van der Waals surface area contributed by atoms with Crippen LogP contribution in [0.15, 0.2) is 48.5 Å². The summed E-state index contributed by atoms with van der Waals surface area (Å²) in [6.45, 7) is 0. The lowest BCUT2D eigenvalue weighted by Gasteiger charge is -2.16. The van der Waals surface area contributed by atoms with E-state index in [0.29, 0.717) is 11.8 Å². The van der Waals surface area contributed by atoms with Gasteiger partial charge in [0.15, 0.2) is 11.6 Å². The minimum atomic E-state index is -1.16. The molecule has 0 aliphatic heterocycles. The van der Waals surface area contributed by atoms with Crippen molar-refractivity contribution in [3.63, 3.8) is 0 Å². The molecule has 2 aromatic carbocycles. The van der Waals surface area contributed by atoms with Crippen LogP contribution >= 0.6 is 0 Å². The van der Waals surface area contributed by atoms with Crippen LogP contribution in [-0.4, -0.2) is 18.7 Å². The van der Waals surface area contributed by atoms with Crippen molar-refractivity contribution < 1.29 is 18.4 Å². The van der Waals surface area contributed by atoms with Crippen LogP contribution < -0.4 is 4.90 Å². The lowest BCUT2D eigenvalue weighted by Crippen LogP contribution is -2.33. The number of carbonyl (C=O) groups excluding carboxylic acids is 2. The van der Waals surface area contributed by atoms with Gasteiger partial charge < -0.3 is 4.90 Å². The summed E-state index contributed by atoms with van der Waals surface area (Å²) in [5.74, 6) is -3.94. The summed E-state index contributed by atoms with van der Waals surface area (Å²) in [4.78, 5) is 25.1. The molecule has 102 valence electrons. The van der Waals surface area contributed by atoms with Gasteiger partial charge in [0.1, 0.15) is 0 Å². The molecule has 0 bridgehead atoms. The summed E-state index contributed by atoms with van der Waals surface area (Å²) < 4.78 is 25.9. The highest BCUT2D eigenvalue weighted by Gasteiger charge is 2.22. The first-order chi connectivity index (χ1) is 9.50. The van der Waals surface area contributed by atoms with Crippen molar-refractivity contribution in [2.45, 2.75) is 0 Å². The van der Waals surface area contributed by atoms with Gasteiger partial charge in [-0.25, -0.2) is 8.78 Å². The molecule has 20 heavy (non-hydrogen) atoms. The van der Waals surface area contributed by atoms with Crippen molar-refractivity contribution in [1.82, 2.24) is 0 Å². The van der Waals surface area contributed by atoms with E-state index in [9.17, 15) is 18.4 Å². The van der Waals surface area contributed by atoms with Crippen LogP contribution in [0.1, 0.15) is 10.4 Å². The highest BCUT2D eigenvalue weighted by atomic mass is 19.2. The van der Waals surface area contributed by atoms with E-state index < -0.39 is 23.3 Å². The Hall–Kier alpha value is -2.56. The van der Waals surface area contributed by atoms with Crippen LogP contribution in [0.3, 0.4) is 0 Å². The largest absolute Gasteiger partial charge is 0.309 e. The van der Waals surface area contributed by atoms with Gasteiger partial charge in [0.2, 0.25) is 0 Å². The summed E-state index contributed by atoms with van der Waals surface area (Å²) in [5, 5.41) is 0. The number of anilines is 1. The third kappa shape index (κ3) is 2.71. The van der Waals surface area contributed by atoms with Crippen molar-refractivity contribution in [3.8, 4) is 0 Å². The summed E-state index contributed by atoms with van der Waals surface area (Å²) >= 11 is 0. The Labute approximate surface area is 114 Å². The zero-order chi connectivity index (χ0) is 14.7. The molecule has 0 spiro atoms. The van der Waals surface area contributed by atoms with Crippen LogP contribution in [0.2, 0.25) is 0 Å². The minimum Gasteiger partial charge on any atom is -0.309 e. The fourth-order valence-corrected chi connectivity index (χ4v) is 1.68. The molecular formula is C15H11F2NO2. The Morgan fingerprint density at radius 2 is 1.60 bits per heavy atom. The predicted octanol–water partition coefficient (Wildman–Crippen LogP) is 2.81. The quantitative estimate of drug-likeness (QED) is 0.638. The van der Waals surface area contributed by atoms with Gasteiger partial charge in [-0.2, -0.15) is 0 Å². The number of ketones is 1. The smallest absolute Gasteiger partial charge is 0.299 e. The van der Waals surface area contributed by atoms with E-state index in [-0.39, 0.29) is 5.56 Å². The highest BCUT2D eigenvalue weighted by molar-refractivity contribution is 6.47. The van der Waals surface area contributed by atoms with Gasteiger partial charge in [-0.15, -0.1) is 0 Å². The Balaban J connectivity index is 2.24. The number of hydrogen-bond donors (Lipinski definition) is 0. The topological polar surface area (TPSA) is 37.4 Å². The van der Waals surface area contributed by atoms with E-state index >= 15 is 0 Å². The first-order valence-electron chi connectivity index (χ1n) is 5.83. The Bertz CT molecular complexity index is 656. The zero-order valence-electron chi connectivity index (χ0n) is 10.6. The number of para-hydroxylation sites is 1. The lowest BCUT2D eigenvalue weighted by molar-refractivity contribution is -0.114. The second-order valence-electron chi connectivity index (χ2n) is 4.16. The molecule has 0 aromatic heterocycles. The van der Waals surface area contributed by atoms with Crippen LogP contribution in [0, 0.1) is 11.6 Å². The average Bonchev–Trinajstić information content (AvgIpc) is 2.48. The van der Waals surface area contributed by atoms with Crippen LogP contribution in [0.4, 0.5) is 14.5 Å². The molecule has 0 radical (unpaired) electrons. The van der Waals surface area contributed by atoms with Gasteiger partial charge in [0, 0.05) is 18.3 Å². The molecule has 0 aliphatic rings. The van der Waals surface area contributed by atoms with E-state index in [2.05, 4.69) is 0 Å². The number of carbonyl (C=O) groups is 2. The van der Waals surface area contributed by atoms with Gasteiger partial charge in [-0.3, -0.25) is 9.59 Å². The number of hydrogen-bond acceptors (Lipinski definition) is 2. The number of nitrogens with zero attached hydrogens (tertiary/aromatic N) is 1. The molecule has 0 N–H and O–H groups in total. The fraction of sp³-hybridized carbons (Fsp3) is 0.0667. The molecular weight excluding hydrogens is 264 g/mol. The lowest BCUT2D eigenvalue weighted by atomic mass is 10.1. The molecule has 2 aromatic rings. The third-order valence-corrected chi connectivity index (χ3v) is 2.82. The van der Waals surface area contributed by atoms with E-state index in [1.807, 2.05) is 0 Å². The van der Waals surface area contributed by atoms with Gasteiger partial charge in [0.25, 0.3) is 11.7 Å². The third-order valence-electron chi connectivity index (χ3n) is 2.82. The Morgan fingerprint density at radius 1 is 0.950 bits per heavy atom. The molecule has 0 saturated carbocycles. The first kappa shape index (κ1) is 13.9. The molecule has 0 heterocycles. The normalized spacial score (nSPS) is 10.2. The molecule has 0 saturated heterocycles. The first-order valence-corrected chi connectivity index (χ1v) is 5.83. The van der Waals surface area contributed by atoms with E-state index in [1.165, 1.54) is 7.05 Å². The Kier molecular flexibility index (Phi) is 3.89. The van der Waals surface area contributed by atoms with Crippen molar-refractivity contribution >= 4 is 17.4 Å². The maximum atomic E-state index is 13.1. The van der Waals surface area contributed by atoms with Gasteiger partial charge in [0.05, 0.1) is 0 Å². The summed E-state index contributed by atoms with van der Waals surface area (Å²) in [6, 6.07) is 11.2. The minimum absolute atomic E-state index is 0.184. The summed E-state index contributed by atoms with van der Waals surface area (Å²) in [6.07, 6.45) is 0. The van der Waals surface area contributed by atoms with Crippen molar-refractivity contribution in [1.29, 1.82) is 0 Å². The van der Waals surface area contributed by atoms with Gasteiger partial charge >= 0.3 is 0 Å². The molecule has 3 nitrogen and oxygen atoms in total. The molecule has 0 aliphatic carbocycles. The average molecular weight is 275 g/mol. The number of Topliss-reactive ketones (excluding diaryl/α,β-unsaturated/α-hetero) is 1. The van der Waals surface area contributed by atoms with Crippen molar-refractivity contribution in [3.05, 3.63) is 65.7 Å². The molecule has 1 amide bonds. The zero-order valence-corrected chi connectivity index (χ0v) is 10.6. The van der Waals surface area contributed by atoms with Crippen LogP contribution in [0.25, 0.3) is 0 Å². The predicted molar refractivity (Wildman–Crippen MR) is 70.5 cm³/mol. The summed E-state index contributed by atoms with van der Waals surface area (Å²) in [7, 11) is 1.44.